The summed E-state index contributed by atoms with van der Waals surface area (Å²) in [6.07, 6.45) is 1.80. The number of benzene rings is 1. The number of hydrogen-bond donors (Lipinski definition) is 1. The molecular formula is C19H24N4O. The van der Waals surface area contributed by atoms with E-state index in [0.717, 1.165) is 5.52 Å². The lowest BCUT2D eigenvalue weighted by atomic mass is 10.1. The molecule has 24 heavy (non-hydrogen) atoms. The second kappa shape index (κ2) is 6.15. The minimum atomic E-state index is -0.141. The van der Waals surface area contributed by atoms with Crippen molar-refractivity contribution >= 4 is 22.6 Å². The molecule has 1 aromatic carbocycles. The van der Waals surface area contributed by atoms with Crippen LogP contribution in [0.2, 0.25) is 0 Å². The van der Waals surface area contributed by atoms with Gasteiger partial charge >= 0.3 is 0 Å². The predicted octanol–water partition coefficient (Wildman–Crippen LogP) is 4.33. The zero-order chi connectivity index (χ0) is 17.4. The number of nitrogens with one attached hydrogen (secondary N) is 1. The molecule has 0 aliphatic rings. The summed E-state index contributed by atoms with van der Waals surface area (Å²) in [6.45, 7) is 8.74. The maximum atomic E-state index is 12.5. The maximum absolute atomic E-state index is 12.5. The minimum absolute atomic E-state index is 0.141. The molecule has 2 aromatic heterocycles. The van der Waals surface area contributed by atoms with Crippen molar-refractivity contribution in [2.45, 2.75) is 39.7 Å². The Kier molecular flexibility index (Phi) is 4.18. The van der Waals surface area contributed by atoms with Crippen LogP contribution in [0.3, 0.4) is 0 Å². The second-order valence-electron chi connectivity index (χ2n) is 6.79. The lowest BCUT2D eigenvalue weighted by Gasteiger charge is -2.17. The minimum Gasteiger partial charge on any atom is -0.342 e. The number of hydrogen-bond acceptors (Lipinski definition) is 2. The van der Waals surface area contributed by atoms with Crippen LogP contribution in [-0.2, 0) is 7.05 Å². The number of carbonyl (C=O) groups excluding carboxylic acids is 1. The number of aryl methyl sites for hydroxylation is 1. The topological polar surface area (TPSA) is 51.9 Å². The first kappa shape index (κ1) is 16.3. The smallest absolute Gasteiger partial charge is 0.256 e. The van der Waals surface area contributed by atoms with Gasteiger partial charge in [0.2, 0.25) is 0 Å². The van der Waals surface area contributed by atoms with E-state index in [-0.39, 0.29) is 5.91 Å². The average molecular weight is 324 g/mol. The van der Waals surface area contributed by atoms with E-state index in [1.807, 2.05) is 25.2 Å². The van der Waals surface area contributed by atoms with Gasteiger partial charge in [-0.3, -0.25) is 9.48 Å². The van der Waals surface area contributed by atoms with Crippen molar-refractivity contribution in [1.29, 1.82) is 0 Å². The van der Waals surface area contributed by atoms with Gasteiger partial charge in [0.25, 0.3) is 5.91 Å². The molecule has 0 spiro atoms. The number of carbonyl (C=O) groups is 1. The highest BCUT2D eigenvalue weighted by molar-refractivity contribution is 6.05. The summed E-state index contributed by atoms with van der Waals surface area (Å²) in [5.41, 5.74) is 3.04. The standard InChI is InChI=1S/C19H24N4O/c1-12(2)16-10-14-6-7-15(11-17(14)23(16)13(3)4)19(24)20-18-8-9-22(5)21-18/h6-13H,1-5H3,(H,20,21,24). The van der Waals surface area contributed by atoms with Crippen molar-refractivity contribution in [2.24, 2.45) is 7.05 Å². The van der Waals surface area contributed by atoms with E-state index < -0.39 is 0 Å². The van der Waals surface area contributed by atoms with Crippen LogP contribution in [0.5, 0.6) is 0 Å². The van der Waals surface area contributed by atoms with Gasteiger partial charge in [-0.15, -0.1) is 0 Å². The van der Waals surface area contributed by atoms with Gasteiger partial charge in [-0.1, -0.05) is 19.9 Å². The Hall–Kier alpha value is -2.56. The highest BCUT2D eigenvalue weighted by Gasteiger charge is 2.16. The summed E-state index contributed by atoms with van der Waals surface area (Å²) in [5, 5.41) is 8.20. The molecule has 126 valence electrons. The molecule has 5 heteroatoms. The summed E-state index contributed by atoms with van der Waals surface area (Å²) in [5.74, 6) is 0.855. The summed E-state index contributed by atoms with van der Waals surface area (Å²) < 4.78 is 3.98. The number of aromatic nitrogens is 3. The molecule has 5 nitrogen and oxygen atoms in total. The van der Waals surface area contributed by atoms with Crippen molar-refractivity contribution in [2.75, 3.05) is 5.32 Å². The van der Waals surface area contributed by atoms with Gasteiger partial charge in [0.1, 0.15) is 0 Å². The van der Waals surface area contributed by atoms with Crippen molar-refractivity contribution in [3.63, 3.8) is 0 Å². The van der Waals surface area contributed by atoms with E-state index in [1.165, 1.54) is 11.1 Å². The van der Waals surface area contributed by atoms with Crippen molar-refractivity contribution in [3.05, 3.63) is 47.8 Å². The van der Waals surface area contributed by atoms with E-state index in [0.29, 0.717) is 23.3 Å². The number of nitrogens with zero attached hydrogens (tertiary/aromatic N) is 3. The third-order valence-electron chi connectivity index (χ3n) is 4.20. The second-order valence-corrected chi connectivity index (χ2v) is 6.79. The van der Waals surface area contributed by atoms with Gasteiger partial charge in [-0.2, -0.15) is 5.10 Å². The maximum Gasteiger partial charge on any atom is 0.256 e. The van der Waals surface area contributed by atoms with Crippen LogP contribution in [0, 0.1) is 0 Å². The van der Waals surface area contributed by atoms with E-state index >= 15 is 0 Å². The molecule has 3 aromatic rings. The van der Waals surface area contributed by atoms with Gasteiger partial charge in [0.15, 0.2) is 5.82 Å². The molecule has 0 saturated heterocycles. The van der Waals surface area contributed by atoms with E-state index in [9.17, 15) is 4.79 Å². The third kappa shape index (κ3) is 2.94. The van der Waals surface area contributed by atoms with Crippen LogP contribution in [0.1, 0.15) is 55.7 Å². The van der Waals surface area contributed by atoms with Gasteiger partial charge < -0.3 is 9.88 Å². The van der Waals surface area contributed by atoms with Gasteiger partial charge in [0.05, 0.1) is 0 Å². The van der Waals surface area contributed by atoms with Crippen LogP contribution in [0.25, 0.3) is 10.9 Å². The highest BCUT2D eigenvalue weighted by atomic mass is 16.1. The summed E-state index contributed by atoms with van der Waals surface area (Å²) in [6, 6.07) is 10.2. The average Bonchev–Trinajstić information content (AvgIpc) is 3.09. The molecule has 0 radical (unpaired) electrons. The fraction of sp³-hybridized carbons (Fsp3) is 0.368. The van der Waals surface area contributed by atoms with E-state index in [4.69, 9.17) is 0 Å². The van der Waals surface area contributed by atoms with Crippen molar-refractivity contribution in [1.82, 2.24) is 14.3 Å². The van der Waals surface area contributed by atoms with Gasteiger partial charge in [-0.25, -0.2) is 0 Å². The molecule has 3 rings (SSSR count). The van der Waals surface area contributed by atoms with E-state index in [2.05, 4.69) is 48.7 Å². The number of fused-ring (bicyclic) bond motifs is 1. The Morgan fingerprint density at radius 1 is 1.12 bits per heavy atom. The Labute approximate surface area is 142 Å². The Bertz CT molecular complexity index is 886. The Balaban J connectivity index is 2.00. The summed E-state index contributed by atoms with van der Waals surface area (Å²) in [4.78, 5) is 12.5. The zero-order valence-electron chi connectivity index (χ0n) is 14.9. The lowest BCUT2D eigenvalue weighted by Crippen LogP contribution is -2.13. The first-order valence-electron chi connectivity index (χ1n) is 8.32. The number of anilines is 1. The molecule has 2 heterocycles. The SMILES string of the molecule is CC(C)c1cc2ccc(C(=O)Nc3ccn(C)n3)cc2n1C(C)C. The first-order chi connectivity index (χ1) is 11.4. The molecule has 0 saturated carbocycles. The van der Waals surface area contributed by atoms with Crippen molar-refractivity contribution < 1.29 is 4.79 Å². The largest absolute Gasteiger partial charge is 0.342 e. The monoisotopic (exact) mass is 324 g/mol. The third-order valence-corrected chi connectivity index (χ3v) is 4.20. The quantitative estimate of drug-likeness (QED) is 0.776. The molecule has 0 atom stereocenters. The number of rotatable bonds is 4. The van der Waals surface area contributed by atoms with Crippen molar-refractivity contribution in [3.8, 4) is 0 Å². The van der Waals surface area contributed by atoms with Crippen LogP contribution in [-0.4, -0.2) is 20.3 Å². The summed E-state index contributed by atoms with van der Waals surface area (Å²) >= 11 is 0. The van der Waals surface area contributed by atoms with Crippen LogP contribution in [0.15, 0.2) is 36.5 Å². The van der Waals surface area contributed by atoms with Crippen LogP contribution in [0.4, 0.5) is 5.82 Å². The van der Waals surface area contributed by atoms with Gasteiger partial charge in [0, 0.05) is 42.1 Å². The predicted molar refractivity (Wildman–Crippen MR) is 97.6 cm³/mol. The number of amides is 1. The zero-order valence-corrected chi connectivity index (χ0v) is 14.9. The van der Waals surface area contributed by atoms with E-state index in [1.54, 1.807) is 16.9 Å². The molecule has 0 aliphatic heterocycles. The normalized spacial score (nSPS) is 11.6. The fourth-order valence-electron chi connectivity index (χ4n) is 3.07. The Morgan fingerprint density at radius 3 is 2.46 bits per heavy atom. The molecule has 0 unspecified atom stereocenters. The van der Waals surface area contributed by atoms with Gasteiger partial charge in [-0.05, 0) is 43.4 Å². The van der Waals surface area contributed by atoms with Crippen LogP contribution < -0.4 is 5.32 Å². The molecule has 0 aliphatic carbocycles. The molecule has 0 bridgehead atoms. The lowest BCUT2D eigenvalue weighted by molar-refractivity contribution is 0.102. The highest BCUT2D eigenvalue weighted by Crippen LogP contribution is 2.29. The molecule has 1 amide bonds. The fourth-order valence-corrected chi connectivity index (χ4v) is 3.07. The first-order valence-corrected chi connectivity index (χ1v) is 8.32. The van der Waals surface area contributed by atoms with Crippen LogP contribution >= 0.6 is 0 Å². The molecule has 0 fully saturated rings. The molecular weight excluding hydrogens is 300 g/mol. The molecule has 1 N–H and O–H groups in total. The summed E-state index contributed by atoms with van der Waals surface area (Å²) in [7, 11) is 1.82. The Morgan fingerprint density at radius 2 is 1.88 bits per heavy atom.